The number of sulfone groups is 1. The molecule has 0 bridgehead atoms. The van der Waals surface area contributed by atoms with Gasteiger partial charge in [0, 0.05) is 57.2 Å². The van der Waals surface area contributed by atoms with Crippen molar-refractivity contribution >= 4 is 15.4 Å². The van der Waals surface area contributed by atoms with Crippen LogP contribution in [-0.4, -0.2) is 77.1 Å². The van der Waals surface area contributed by atoms with E-state index in [1.807, 2.05) is 6.07 Å². The summed E-state index contributed by atoms with van der Waals surface area (Å²) in [5, 5.41) is 15.6. The minimum absolute atomic E-state index is 0.0430. The van der Waals surface area contributed by atoms with Gasteiger partial charge in [-0.2, -0.15) is 5.10 Å². The summed E-state index contributed by atoms with van der Waals surface area (Å²) in [4.78, 5) is 8.94. The number of aliphatic hydroxyl groups is 1. The highest BCUT2D eigenvalue weighted by Crippen LogP contribution is 2.39. The predicted octanol–water partition coefficient (Wildman–Crippen LogP) is 3.93. The second-order valence-electron chi connectivity index (χ2n) is 12.7. The fourth-order valence-electron chi connectivity index (χ4n) is 6.87. The third-order valence-corrected chi connectivity index (χ3v) is 10.2. The second kappa shape index (κ2) is 13.0. The van der Waals surface area contributed by atoms with Crippen molar-refractivity contribution in [3.63, 3.8) is 0 Å². The predicted molar refractivity (Wildman–Crippen MR) is 168 cm³/mol. The number of nitrogens with two attached hydrogens (primary N) is 1. The molecular formula is C33H39F2N5O5S. The first kappa shape index (κ1) is 32.6. The zero-order valence-electron chi connectivity index (χ0n) is 25.9. The molecule has 0 radical (unpaired) electrons. The summed E-state index contributed by atoms with van der Waals surface area (Å²) in [7, 11) is -3.13. The summed E-state index contributed by atoms with van der Waals surface area (Å²) < 4.78 is 66.8. The van der Waals surface area contributed by atoms with Gasteiger partial charge in [0.25, 0.3) is 0 Å². The minimum atomic E-state index is -3.13. The molecule has 10 nitrogen and oxygen atoms in total. The van der Waals surface area contributed by atoms with Gasteiger partial charge in [-0.1, -0.05) is 6.92 Å². The molecule has 4 aromatic rings. The van der Waals surface area contributed by atoms with Crippen LogP contribution in [-0.2, 0) is 31.3 Å². The summed E-state index contributed by atoms with van der Waals surface area (Å²) in [6.07, 6.45) is 8.51. The quantitative estimate of drug-likeness (QED) is 0.274. The molecule has 1 saturated heterocycles. The number of imidazole rings is 1. The second-order valence-corrected chi connectivity index (χ2v) is 15.0. The van der Waals surface area contributed by atoms with Crippen molar-refractivity contribution in [2.75, 3.05) is 31.8 Å². The van der Waals surface area contributed by atoms with Crippen molar-refractivity contribution in [3.05, 3.63) is 83.1 Å². The molecule has 2 aliphatic rings. The summed E-state index contributed by atoms with van der Waals surface area (Å²) >= 11 is 0. The zero-order valence-corrected chi connectivity index (χ0v) is 26.7. The number of aromatic nitrogens is 4. The van der Waals surface area contributed by atoms with E-state index in [4.69, 9.17) is 15.2 Å². The van der Waals surface area contributed by atoms with Crippen molar-refractivity contribution in [1.29, 1.82) is 0 Å². The highest BCUT2D eigenvalue weighted by Gasteiger charge is 2.36. The van der Waals surface area contributed by atoms with E-state index in [0.717, 1.165) is 17.5 Å². The summed E-state index contributed by atoms with van der Waals surface area (Å²) in [5.41, 5.74) is 7.92. The van der Waals surface area contributed by atoms with Gasteiger partial charge in [0.05, 0.1) is 47.0 Å². The fraction of sp³-hybridized carbons (Fsp3) is 0.485. The van der Waals surface area contributed by atoms with Gasteiger partial charge in [0.2, 0.25) is 0 Å². The molecule has 3 N–H and O–H groups in total. The first-order valence-corrected chi connectivity index (χ1v) is 17.6. The van der Waals surface area contributed by atoms with Gasteiger partial charge in [0.15, 0.2) is 0 Å². The van der Waals surface area contributed by atoms with Crippen LogP contribution in [0, 0.1) is 17.6 Å². The molecule has 1 aliphatic carbocycles. The smallest absolute Gasteiger partial charge is 0.149 e. The fourth-order valence-corrected chi connectivity index (χ4v) is 7.27. The lowest BCUT2D eigenvalue weighted by atomic mass is 9.73. The zero-order chi connectivity index (χ0) is 32.6. The van der Waals surface area contributed by atoms with Crippen molar-refractivity contribution < 1.29 is 31.8 Å². The van der Waals surface area contributed by atoms with E-state index in [0.29, 0.717) is 37.4 Å². The SMILES string of the molecule is C[C@H]1C[C@@H](c2ccncc2Cc2ncc3ccc(-c4c(F)cc(C5(O)CCOCC5)cc4F)nn23)C[C@@H](N)[C@H]1OCCS(C)(=O)=O. The number of nitrogens with zero attached hydrogens (tertiary/aromatic N) is 4. The lowest BCUT2D eigenvalue weighted by molar-refractivity contribution is -0.0682. The third-order valence-electron chi connectivity index (χ3n) is 9.30. The monoisotopic (exact) mass is 655 g/mol. The normalized spacial score (nSPS) is 23.5. The van der Waals surface area contributed by atoms with Crippen LogP contribution in [0.5, 0.6) is 0 Å². The number of halogens is 2. The van der Waals surface area contributed by atoms with Crippen LogP contribution < -0.4 is 5.73 Å². The Labute approximate surface area is 266 Å². The molecular weight excluding hydrogens is 616 g/mol. The van der Waals surface area contributed by atoms with Gasteiger partial charge < -0.3 is 20.3 Å². The van der Waals surface area contributed by atoms with E-state index in [-0.39, 0.29) is 66.0 Å². The van der Waals surface area contributed by atoms with E-state index in [2.05, 4.69) is 22.0 Å². The van der Waals surface area contributed by atoms with Crippen molar-refractivity contribution in [2.45, 2.75) is 62.7 Å². The molecule has 6 rings (SSSR count). The van der Waals surface area contributed by atoms with Crippen LogP contribution in [0.4, 0.5) is 8.78 Å². The summed E-state index contributed by atoms with van der Waals surface area (Å²) in [6, 6.07) is 7.35. The van der Waals surface area contributed by atoms with E-state index in [1.54, 1.807) is 35.2 Å². The number of fused-ring (bicyclic) bond motifs is 1. The van der Waals surface area contributed by atoms with Crippen LogP contribution in [0.1, 0.15) is 61.0 Å². The third kappa shape index (κ3) is 6.84. The lowest BCUT2D eigenvalue weighted by Gasteiger charge is -2.39. The number of hydrogen-bond acceptors (Lipinski definition) is 9. The Hall–Kier alpha value is -3.36. The standard InChI is InChI=1S/C33H39F2N5O5S/c1-20-13-21(14-28(36)32(20)45-11-12-46(2,42)43)25-5-8-37-18-22(25)15-30-38-19-24-3-4-29(39-40(24)30)31-26(34)16-23(17-27(31)35)33(41)6-9-44-10-7-33/h3-5,8,16-21,28,32,41H,6-7,9-15,36H2,1-2H3/t20-,21+,28+,32-/m0/s1. The average molecular weight is 656 g/mol. The van der Waals surface area contributed by atoms with Gasteiger partial charge in [0.1, 0.15) is 27.3 Å². The molecule has 0 amide bonds. The van der Waals surface area contributed by atoms with Crippen LogP contribution in [0.3, 0.4) is 0 Å². The maximum absolute atomic E-state index is 15.5. The Morgan fingerprint density at radius 2 is 1.87 bits per heavy atom. The molecule has 246 valence electrons. The van der Waals surface area contributed by atoms with Gasteiger partial charge >= 0.3 is 0 Å². The molecule has 4 atom stereocenters. The lowest BCUT2D eigenvalue weighted by Crippen LogP contribution is -2.47. The topological polar surface area (TPSA) is 142 Å². The van der Waals surface area contributed by atoms with Gasteiger partial charge in [-0.3, -0.25) is 4.98 Å². The number of rotatable bonds is 9. The van der Waals surface area contributed by atoms with Crippen LogP contribution in [0.25, 0.3) is 16.8 Å². The average Bonchev–Trinajstić information content (AvgIpc) is 3.40. The molecule has 46 heavy (non-hydrogen) atoms. The van der Waals surface area contributed by atoms with E-state index in [1.165, 1.54) is 18.4 Å². The van der Waals surface area contributed by atoms with Gasteiger partial charge in [-0.05, 0) is 71.7 Å². The molecule has 0 spiro atoms. The highest BCUT2D eigenvalue weighted by molar-refractivity contribution is 7.90. The van der Waals surface area contributed by atoms with Crippen LogP contribution >= 0.6 is 0 Å². The van der Waals surface area contributed by atoms with E-state index >= 15 is 8.78 Å². The summed E-state index contributed by atoms with van der Waals surface area (Å²) in [6.45, 7) is 2.82. The summed E-state index contributed by atoms with van der Waals surface area (Å²) in [5.74, 6) is -0.846. The van der Waals surface area contributed by atoms with Gasteiger partial charge in [-0.25, -0.2) is 26.7 Å². The molecule has 4 heterocycles. The van der Waals surface area contributed by atoms with Crippen molar-refractivity contribution in [1.82, 2.24) is 19.6 Å². The van der Waals surface area contributed by atoms with Crippen LogP contribution in [0.2, 0.25) is 0 Å². The Bertz CT molecular complexity index is 1790. The molecule has 2 fully saturated rings. The first-order valence-electron chi connectivity index (χ1n) is 15.5. The molecule has 0 unspecified atom stereocenters. The van der Waals surface area contributed by atoms with Crippen LogP contribution in [0.15, 0.2) is 48.9 Å². The van der Waals surface area contributed by atoms with Crippen molar-refractivity contribution in [3.8, 4) is 11.3 Å². The molecule has 3 aromatic heterocycles. The largest absolute Gasteiger partial charge is 0.385 e. The number of pyridine rings is 1. The van der Waals surface area contributed by atoms with Gasteiger partial charge in [-0.15, -0.1) is 0 Å². The highest BCUT2D eigenvalue weighted by atomic mass is 32.2. The van der Waals surface area contributed by atoms with E-state index in [9.17, 15) is 13.5 Å². The number of ether oxygens (including phenoxy) is 2. The minimum Gasteiger partial charge on any atom is -0.385 e. The number of hydrogen-bond donors (Lipinski definition) is 2. The molecule has 13 heteroatoms. The maximum Gasteiger partial charge on any atom is 0.149 e. The van der Waals surface area contributed by atoms with Crippen molar-refractivity contribution in [2.24, 2.45) is 11.7 Å². The Kier molecular flexibility index (Phi) is 9.23. The molecule has 1 aliphatic heterocycles. The first-order chi connectivity index (χ1) is 21.9. The molecule has 1 saturated carbocycles. The molecule has 1 aromatic carbocycles. The maximum atomic E-state index is 15.5. The Morgan fingerprint density at radius 3 is 2.57 bits per heavy atom. The Balaban J connectivity index is 1.24. The Morgan fingerprint density at radius 1 is 1.13 bits per heavy atom. The number of benzene rings is 1. The van der Waals surface area contributed by atoms with E-state index < -0.39 is 27.1 Å².